The number of aryl methyl sites for hydroxylation is 1. The van der Waals surface area contributed by atoms with Gasteiger partial charge in [-0.2, -0.15) is 0 Å². The van der Waals surface area contributed by atoms with Gasteiger partial charge in [-0.1, -0.05) is 19.1 Å². The molecule has 5 nitrogen and oxygen atoms in total. The van der Waals surface area contributed by atoms with E-state index in [1.54, 1.807) is 0 Å². The Morgan fingerprint density at radius 2 is 2.14 bits per heavy atom. The van der Waals surface area contributed by atoms with Crippen LogP contribution in [0.25, 0.3) is 0 Å². The molecule has 0 unspecified atom stereocenters. The van der Waals surface area contributed by atoms with Crippen molar-refractivity contribution in [1.29, 1.82) is 0 Å². The number of benzene rings is 1. The first-order valence-corrected chi connectivity index (χ1v) is 9.22. The zero-order valence-corrected chi connectivity index (χ0v) is 13.4. The van der Waals surface area contributed by atoms with Crippen molar-refractivity contribution in [3.63, 3.8) is 0 Å². The second kappa shape index (κ2) is 6.05. The van der Waals surface area contributed by atoms with Gasteiger partial charge in [0.25, 0.3) is 0 Å². The highest BCUT2D eigenvalue weighted by molar-refractivity contribution is 7.90. The van der Waals surface area contributed by atoms with Gasteiger partial charge in [0.2, 0.25) is 0 Å². The van der Waals surface area contributed by atoms with Gasteiger partial charge in [0, 0.05) is 23.9 Å². The van der Waals surface area contributed by atoms with Gasteiger partial charge in [0.05, 0.1) is 5.75 Å². The summed E-state index contributed by atoms with van der Waals surface area (Å²) in [6.07, 6.45) is 4.04. The van der Waals surface area contributed by atoms with Gasteiger partial charge in [0.15, 0.2) is 5.96 Å². The van der Waals surface area contributed by atoms with Crippen LogP contribution in [0.15, 0.2) is 29.3 Å². The highest BCUT2D eigenvalue weighted by Gasteiger charge is 2.45. The number of hydrogen-bond donors (Lipinski definition) is 2. The predicted molar refractivity (Wildman–Crippen MR) is 87.3 cm³/mol. The lowest BCUT2D eigenvalue weighted by Crippen LogP contribution is -2.26. The van der Waals surface area contributed by atoms with Crippen molar-refractivity contribution in [3.8, 4) is 0 Å². The van der Waals surface area contributed by atoms with Gasteiger partial charge >= 0.3 is 0 Å². The van der Waals surface area contributed by atoms with Crippen LogP contribution in [0.5, 0.6) is 0 Å². The number of guanidine groups is 1. The van der Waals surface area contributed by atoms with E-state index in [9.17, 15) is 8.42 Å². The molecule has 116 valence electrons. The van der Waals surface area contributed by atoms with Gasteiger partial charge < -0.3 is 11.1 Å². The Balaban J connectivity index is 1.95. The quantitative estimate of drug-likeness (QED) is 0.620. The van der Waals surface area contributed by atoms with E-state index in [1.807, 2.05) is 18.2 Å². The highest BCUT2D eigenvalue weighted by Crippen LogP contribution is 2.46. The average molecular weight is 309 g/mol. The van der Waals surface area contributed by atoms with Crippen LogP contribution in [0, 0.1) is 5.41 Å². The molecule has 3 N–H and O–H groups in total. The van der Waals surface area contributed by atoms with Gasteiger partial charge in [-0.25, -0.2) is 8.42 Å². The van der Waals surface area contributed by atoms with E-state index in [4.69, 9.17) is 5.73 Å². The summed E-state index contributed by atoms with van der Waals surface area (Å²) in [5.41, 5.74) is 7.83. The first kappa shape index (κ1) is 15.8. The van der Waals surface area contributed by atoms with Crippen molar-refractivity contribution >= 4 is 21.5 Å². The molecule has 0 aliphatic heterocycles. The molecule has 1 aromatic rings. The van der Waals surface area contributed by atoms with Crippen LogP contribution in [-0.4, -0.2) is 32.9 Å². The first-order chi connectivity index (χ1) is 9.82. The Hall–Kier alpha value is -1.56. The number of nitrogens with one attached hydrogen (secondary N) is 1. The Morgan fingerprint density at radius 3 is 2.71 bits per heavy atom. The monoisotopic (exact) mass is 309 g/mol. The SMILES string of the molecule is CCc1cccc(NC(N)=NCC2(CS(C)(=O)=O)CC2)c1. The van der Waals surface area contributed by atoms with E-state index < -0.39 is 9.84 Å². The fraction of sp³-hybridized carbons (Fsp3) is 0.533. The Morgan fingerprint density at radius 1 is 1.43 bits per heavy atom. The minimum atomic E-state index is -2.97. The summed E-state index contributed by atoms with van der Waals surface area (Å²) < 4.78 is 22.8. The summed E-state index contributed by atoms with van der Waals surface area (Å²) in [6, 6.07) is 8.00. The fourth-order valence-electron chi connectivity index (χ4n) is 2.39. The van der Waals surface area contributed by atoms with Crippen molar-refractivity contribution < 1.29 is 8.42 Å². The number of hydrogen-bond acceptors (Lipinski definition) is 3. The van der Waals surface area contributed by atoms with Gasteiger partial charge in [0.1, 0.15) is 9.84 Å². The summed E-state index contributed by atoms with van der Waals surface area (Å²) in [5.74, 6) is 0.533. The molecule has 0 atom stereocenters. The zero-order chi connectivity index (χ0) is 15.5. The maximum atomic E-state index is 11.4. The highest BCUT2D eigenvalue weighted by atomic mass is 32.2. The zero-order valence-electron chi connectivity index (χ0n) is 12.6. The molecule has 1 aliphatic rings. The Labute approximate surface area is 126 Å². The van der Waals surface area contributed by atoms with Gasteiger partial charge in [-0.05, 0) is 37.0 Å². The van der Waals surface area contributed by atoms with E-state index in [0.29, 0.717) is 12.5 Å². The van der Waals surface area contributed by atoms with Crippen LogP contribution < -0.4 is 11.1 Å². The molecule has 0 saturated heterocycles. The minimum Gasteiger partial charge on any atom is -0.370 e. The third-order valence-electron chi connectivity index (χ3n) is 3.72. The summed E-state index contributed by atoms with van der Waals surface area (Å²) in [7, 11) is -2.97. The number of aliphatic imine (C=N–C) groups is 1. The standard InChI is InChI=1S/C15H23N3O2S/c1-3-12-5-4-6-13(9-12)18-14(16)17-10-15(7-8-15)11-21(2,19)20/h4-6,9H,3,7-8,10-11H2,1-2H3,(H3,16,17,18). The molecule has 6 heteroatoms. The Bertz CT molecular complexity index is 634. The van der Waals surface area contributed by atoms with Crippen molar-refractivity contribution in [2.24, 2.45) is 16.1 Å². The molecule has 1 aliphatic carbocycles. The third-order valence-corrected chi connectivity index (χ3v) is 4.85. The van der Waals surface area contributed by atoms with E-state index in [0.717, 1.165) is 24.9 Å². The van der Waals surface area contributed by atoms with Crippen molar-refractivity contribution in [1.82, 2.24) is 0 Å². The average Bonchev–Trinajstić information content (AvgIpc) is 3.14. The maximum absolute atomic E-state index is 11.4. The summed E-state index contributed by atoms with van der Waals surface area (Å²) >= 11 is 0. The summed E-state index contributed by atoms with van der Waals surface area (Å²) in [6.45, 7) is 2.56. The van der Waals surface area contributed by atoms with Gasteiger partial charge in [-0.3, -0.25) is 4.99 Å². The van der Waals surface area contributed by atoms with E-state index in [2.05, 4.69) is 23.3 Å². The molecule has 21 heavy (non-hydrogen) atoms. The molecule has 0 bridgehead atoms. The smallest absolute Gasteiger partial charge is 0.193 e. The van der Waals surface area contributed by atoms with Gasteiger partial charge in [-0.15, -0.1) is 0 Å². The van der Waals surface area contributed by atoms with Crippen molar-refractivity contribution in [2.45, 2.75) is 26.2 Å². The molecule has 2 rings (SSSR count). The molecular formula is C15H23N3O2S. The van der Waals surface area contributed by atoms with Crippen molar-refractivity contribution in [3.05, 3.63) is 29.8 Å². The van der Waals surface area contributed by atoms with E-state index >= 15 is 0 Å². The molecule has 0 spiro atoms. The summed E-state index contributed by atoms with van der Waals surface area (Å²) in [5, 5.41) is 3.06. The molecule has 1 aromatic carbocycles. The lowest BCUT2D eigenvalue weighted by molar-refractivity contribution is 0.552. The molecule has 0 heterocycles. The molecule has 0 aromatic heterocycles. The van der Waals surface area contributed by atoms with Crippen LogP contribution in [0.3, 0.4) is 0 Å². The molecule has 1 fully saturated rings. The number of rotatable bonds is 6. The molecule has 0 radical (unpaired) electrons. The second-order valence-electron chi connectivity index (χ2n) is 5.95. The van der Waals surface area contributed by atoms with Crippen LogP contribution in [0.2, 0.25) is 0 Å². The molecular weight excluding hydrogens is 286 g/mol. The number of nitrogens with two attached hydrogens (primary N) is 1. The van der Waals surface area contributed by atoms with Crippen LogP contribution >= 0.6 is 0 Å². The fourth-order valence-corrected chi connectivity index (χ4v) is 3.88. The number of sulfone groups is 1. The van der Waals surface area contributed by atoms with E-state index in [-0.39, 0.29) is 11.2 Å². The largest absolute Gasteiger partial charge is 0.370 e. The normalized spacial score (nSPS) is 17.5. The van der Waals surface area contributed by atoms with Crippen LogP contribution in [0.1, 0.15) is 25.3 Å². The van der Waals surface area contributed by atoms with Crippen molar-refractivity contribution in [2.75, 3.05) is 23.9 Å². The second-order valence-corrected chi connectivity index (χ2v) is 8.09. The first-order valence-electron chi connectivity index (χ1n) is 7.16. The number of anilines is 1. The predicted octanol–water partition coefficient (Wildman–Crippen LogP) is 1.80. The van der Waals surface area contributed by atoms with Crippen LogP contribution in [0.4, 0.5) is 5.69 Å². The number of nitrogens with zero attached hydrogens (tertiary/aromatic N) is 1. The van der Waals surface area contributed by atoms with Crippen LogP contribution in [-0.2, 0) is 16.3 Å². The maximum Gasteiger partial charge on any atom is 0.193 e. The molecule has 1 saturated carbocycles. The topological polar surface area (TPSA) is 84.5 Å². The third kappa shape index (κ3) is 5.04. The van der Waals surface area contributed by atoms with E-state index in [1.165, 1.54) is 11.8 Å². The lowest BCUT2D eigenvalue weighted by atomic mass is 10.1. The lowest BCUT2D eigenvalue weighted by Gasteiger charge is -2.12. The summed E-state index contributed by atoms with van der Waals surface area (Å²) in [4.78, 5) is 4.31. The molecule has 0 amide bonds. The Kier molecular flexibility index (Phi) is 4.56. The minimum absolute atomic E-state index is 0.189.